The van der Waals surface area contributed by atoms with Crippen LogP contribution in [0.15, 0.2) is 30.6 Å². The average Bonchev–Trinajstić information content (AvgIpc) is 2.51. The van der Waals surface area contributed by atoms with Crippen molar-refractivity contribution in [3.05, 3.63) is 30.6 Å². The molecule has 3 N–H and O–H groups in total. The quantitative estimate of drug-likeness (QED) is 0.847. The zero-order chi connectivity index (χ0) is 14.7. The highest BCUT2D eigenvalue weighted by atomic mass is 15.1. The van der Waals surface area contributed by atoms with Crippen molar-refractivity contribution >= 4 is 22.1 Å². The van der Waals surface area contributed by atoms with Gasteiger partial charge in [-0.15, -0.1) is 0 Å². The molecule has 1 fully saturated rings. The second kappa shape index (κ2) is 6.31. The lowest BCUT2D eigenvalue weighted by atomic mass is 10.1. The first-order valence-corrected chi connectivity index (χ1v) is 7.85. The molecule has 1 aliphatic heterocycles. The van der Waals surface area contributed by atoms with E-state index in [1.807, 2.05) is 24.5 Å². The SMILES string of the molecule is CC(CN1CCCCC1)Nc1ccc(N)c2cnccc12. The van der Waals surface area contributed by atoms with E-state index in [9.17, 15) is 0 Å². The van der Waals surface area contributed by atoms with Crippen LogP contribution < -0.4 is 11.1 Å². The molecule has 2 heterocycles. The second-order valence-electron chi connectivity index (χ2n) is 6.03. The molecule has 0 spiro atoms. The van der Waals surface area contributed by atoms with E-state index in [2.05, 4.69) is 28.2 Å². The van der Waals surface area contributed by atoms with Crippen molar-refractivity contribution in [2.45, 2.75) is 32.2 Å². The summed E-state index contributed by atoms with van der Waals surface area (Å²) in [5.74, 6) is 0. The van der Waals surface area contributed by atoms with Gasteiger partial charge < -0.3 is 16.0 Å². The summed E-state index contributed by atoms with van der Waals surface area (Å²) in [4.78, 5) is 6.73. The van der Waals surface area contributed by atoms with E-state index in [-0.39, 0.29) is 0 Å². The Bertz CT molecular complexity index is 605. The van der Waals surface area contributed by atoms with Gasteiger partial charge in [-0.1, -0.05) is 6.42 Å². The van der Waals surface area contributed by atoms with E-state index in [4.69, 9.17) is 5.73 Å². The minimum absolute atomic E-state index is 0.420. The molecule has 1 saturated heterocycles. The zero-order valence-corrected chi connectivity index (χ0v) is 12.7. The van der Waals surface area contributed by atoms with Gasteiger partial charge in [0.1, 0.15) is 0 Å². The lowest BCUT2D eigenvalue weighted by Crippen LogP contribution is -2.38. The molecule has 0 aliphatic carbocycles. The van der Waals surface area contributed by atoms with Crippen molar-refractivity contribution in [1.82, 2.24) is 9.88 Å². The maximum absolute atomic E-state index is 6.03. The van der Waals surface area contributed by atoms with Crippen molar-refractivity contribution in [3.8, 4) is 0 Å². The first-order chi connectivity index (χ1) is 10.2. The van der Waals surface area contributed by atoms with Gasteiger partial charge in [-0.05, 0) is 51.1 Å². The fourth-order valence-electron chi connectivity index (χ4n) is 3.18. The molecule has 0 saturated carbocycles. The predicted molar refractivity (Wildman–Crippen MR) is 89.5 cm³/mol. The molecular formula is C17H24N4. The minimum Gasteiger partial charge on any atom is -0.398 e. The predicted octanol–water partition coefficient (Wildman–Crippen LogP) is 3.10. The van der Waals surface area contributed by atoms with E-state index in [1.54, 1.807) is 0 Å². The molecule has 4 nitrogen and oxygen atoms in total. The molecule has 1 atom stereocenters. The monoisotopic (exact) mass is 284 g/mol. The number of anilines is 2. The minimum atomic E-state index is 0.420. The van der Waals surface area contributed by atoms with E-state index in [0.717, 1.165) is 28.7 Å². The molecular weight excluding hydrogens is 260 g/mol. The Morgan fingerprint density at radius 3 is 2.81 bits per heavy atom. The lowest BCUT2D eigenvalue weighted by molar-refractivity contribution is 0.223. The lowest BCUT2D eigenvalue weighted by Gasteiger charge is -2.30. The van der Waals surface area contributed by atoms with Crippen molar-refractivity contribution in [2.75, 3.05) is 30.7 Å². The third kappa shape index (κ3) is 3.27. The van der Waals surface area contributed by atoms with Gasteiger partial charge in [-0.25, -0.2) is 0 Å². The molecule has 3 rings (SSSR count). The van der Waals surface area contributed by atoms with Crippen molar-refractivity contribution in [1.29, 1.82) is 0 Å². The van der Waals surface area contributed by atoms with Crippen molar-refractivity contribution in [2.24, 2.45) is 0 Å². The van der Waals surface area contributed by atoms with Gasteiger partial charge in [0.2, 0.25) is 0 Å². The molecule has 0 radical (unpaired) electrons. The Kier molecular flexibility index (Phi) is 4.25. The van der Waals surface area contributed by atoms with Crippen LogP contribution in [0.5, 0.6) is 0 Å². The number of pyridine rings is 1. The normalized spacial score (nSPS) is 17.8. The number of nitrogens with zero attached hydrogens (tertiary/aromatic N) is 2. The average molecular weight is 284 g/mol. The molecule has 112 valence electrons. The molecule has 1 aliphatic rings. The first-order valence-electron chi connectivity index (χ1n) is 7.85. The number of hydrogen-bond acceptors (Lipinski definition) is 4. The summed E-state index contributed by atoms with van der Waals surface area (Å²) in [7, 11) is 0. The van der Waals surface area contributed by atoms with Crippen LogP contribution in [0.2, 0.25) is 0 Å². The number of piperidine rings is 1. The van der Waals surface area contributed by atoms with Gasteiger partial charge in [0.05, 0.1) is 0 Å². The van der Waals surface area contributed by atoms with E-state index >= 15 is 0 Å². The highest BCUT2D eigenvalue weighted by Gasteiger charge is 2.14. The molecule has 4 heteroatoms. The zero-order valence-electron chi connectivity index (χ0n) is 12.7. The highest BCUT2D eigenvalue weighted by molar-refractivity contribution is 6.00. The molecule has 0 amide bonds. The third-order valence-electron chi connectivity index (χ3n) is 4.23. The number of nitrogens with one attached hydrogen (secondary N) is 1. The van der Waals surface area contributed by atoms with E-state index in [1.165, 1.54) is 32.4 Å². The molecule has 2 aromatic rings. The van der Waals surface area contributed by atoms with Gasteiger partial charge >= 0.3 is 0 Å². The number of nitrogen functional groups attached to an aromatic ring is 1. The summed E-state index contributed by atoms with van der Waals surface area (Å²) >= 11 is 0. The standard InChI is InChI=1S/C17H24N4/c1-13(12-21-9-3-2-4-10-21)20-17-6-5-16(18)15-11-19-8-7-14(15)17/h5-8,11,13,20H,2-4,9-10,12,18H2,1H3. The Balaban J connectivity index is 1.73. The largest absolute Gasteiger partial charge is 0.398 e. The number of hydrogen-bond donors (Lipinski definition) is 2. The van der Waals surface area contributed by atoms with Gasteiger partial charge in [0, 0.05) is 47.1 Å². The summed E-state index contributed by atoms with van der Waals surface area (Å²) in [6.45, 7) is 5.81. The summed E-state index contributed by atoms with van der Waals surface area (Å²) in [6, 6.07) is 6.48. The van der Waals surface area contributed by atoms with Crippen LogP contribution in [0.3, 0.4) is 0 Å². The fourth-order valence-corrected chi connectivity index (χ4v) is 3.18. The topological polar surface area (TPSA) is 54.2 Å². The fraction of sp³-hybridized carbons (Fsp3) is 0.471. The highest BCUT2D eigenvalue weighted by Crippen LogP contribution is 2.28. The molecule has 0 bridgehead atoms. The molecule has 21 heavy (non-hydrogen) atoms. The maximum Gasteiger partial charge on any atom is 0.0425 e. The third-order valence-corrected chi connectivity index (χ3v) is 4.23. The van der Waals surface area contributed by atoms with Crippen LogP contribution in [-0.4, -0.2) is 35.6 Å². The summed E-state index contributed by atoms with van der Waals surface area (Å²) in [5.41, 5.74) is 7.96. The van der Waals surface area contributed by atoms with E-state index in [0.29, 0.717) is 6.04 Å². The van der Waals surface area contributed by atoms with E-state index < -0.39 is 0 Å². The first kappa shape index (κ1) is 14.1. The Labute approximate surface area is 126 Å². The number of benzene rings is 1. The number of fused-ring (bicyclic) bond motifs is 1. The summed E-state index contributed by atoms with van der Waals surface area (Å²) in [5, 5.41) is 5.80. The smallest absolute Gasteiger partial charge is 0.0425 e. The Morgan fingerprint density at radius 2 is 2.00 bits per heavy atom. The number of likely N-dealkylation sites (tertiary alicyclic amines) is 1. The maximum atomic E-state index is 6.03. The number of nitrogens with two attached hydrogens (primary N) is 1. The second-order valence-corrected chi connectivity index (χ2v) is 6.03. The van der Waals surface area contributed by atoms with Crippen LogP contribution in [0.1, 0.15) is 26.2 Å². The molecule has 1 aromatic carbocycles. The molecule has 1 unspecified atom stereocenters. The van der Waals surface area contributed by atoms with Crippen LogP contribution in [0.25, 0.3) is 10.8 Å². The number of rotatable bonds is 4. The molecule has 1 aromatic heterocycles. The van der Waals surface area contributed by atoms with Gasteiger partial charge in [-0.2, -0.15) is 0 Å². The Morgan fingerprint density at radius 1 is 1.19 bits per heavy atom. The van der Waals surface area contributed by atoms with Gasteiger partial charge in [0.15, 0.2) is 0 Å². The van der Waals surface area contributed by atoms with Crippen LogP contribution in [-0.2, 0) is 0 Å². The van der Waals surface area contributed by atoms with Crippen LogP contribution in [0, 0.1) is 0 Å². The number of aromatic nitrogens is 1. The summed E-state index contributed by atoms with van der Waals surface area (Å²) in [6.07, 6.45) is 7.72. The van der Waals surface area contributed by atoms with Crippen LogP contribution >= 0.6 is 0 Å². The van der Waals surface area contributed by atoms with Crippen LogP contribution in [0.4, 0.5) is 11.4 Å². The Hall–Kier alpha value is -1.81. The van der Waals surface area contributed by atoms with Crippen molar-refractivity contribution in [3.63, 3.8) is 0 Å². The van der Waals surface area contributed by atoms with Gasteiger partial charge in [0.25, 0.3) is 0 Å². The van der Waals surface area contributed by atoms with Crippen molar-refractivity contribution < 1.29 is 0 Å². The van der Waals surface area contributed by atoms with Gasteiger partial charge in [-0.3, -0.25) is 4.98 Å². The summed E-state index contributed by atoms with van der Waals surface area (Å²) < 4.78 is 0.